The molecule has 0 atom stereocenters. The molecule has 0 aromatic carbocycles. The van der Waals surface area contributed by atoms with Crippen LogP contribution in [0.15, 0.2) is 12.3 Å². The van der Waals surface area contributed by atoms with Crippen molar-refractivity contribution in [2.24, 2.45) is 0 Å². The van der Waals surface area contributed by atoms with Crippen molar-refractivity contribution in [2.45, 2.75) is 44.3 Å². The van der Waals surface area contributed by atoms with Crippen LogP contribution in [-0.2, 0) is 6.54 Å². The third kappa shape index (κ3) is 3.87. The van der Waals surface area contributed by atoms with Crippen molar-refractivity contribution in [3.05, 3.63) is 22.8 Å². The Hall–Kier alpha value is -0.840. The Morgan fingerprint density at radius 1 is 1.29 bits per heavy atom. The monoisotopic (exact) mass is 308 g/mol. The number of hydrogen-bond donors (Lipinski definition) is 1. The molecule has 2 fully saturated rings. The Balaban J connectivity index is 1.60. The molecular weight excluding hydrogens is 284 g/mol. The van der Waals surface area contributed by atoms with Crippen LogP contribution in [0, 0.1) is 0 Å². The van der Waals surface area contributed by atoms with Gasteiger partial charge in [-0.1, -0.05) is 11.6 Å². The van der Waals surface area contributed by atoms with Gasteiger partial charge in [0.05, 0.1) is 5.02 Å². The van der Waals surface area contributed by atoms with Crippen molar-refractivity contribution in [3.63, 3.8) is 0 Å². The maximum Gasteiger partial charge on any atom is 0.147 e. The van der Waals surface area contributed by atoms with Gasteiger partial charge in [0.25, 0.3) is 0 Å². The zero-order chi connectivity index (χ0) is 14.8. The molecule has 0 unspecified atom stereocenters. The topological polar surface area (TPSA) is 31.4 Å². The van der Waals surface area contributed by atoms with Crippen LogP contribution in [0.4, 0.5) is 5.82 Å². The van der Waals surface area contributed by atoms with Gasteiger partial charge >= 0.3 is 0 Å². The highest BCUT2D eigenvalue weighted by molar-refractivity contribution is 6.33. The Kier molecular flexibility index (Phi) is 4.67. The number of nitrogens with one attached hydrogen (secondary N) is 1. The molecule has 1 saturated heterocycles. The van der Waals surface area contributed by atoms with E-state index in [9.17, 15) is 0 Å². The molecule has 5 heteroatoms. The van der Waals surface area contributed by atoms with Gasteiger partial charge < -0.3 is 15.1 Å². The second-order valence-electron chi connectivity index (χ2n) is 6.49. The normalized spacial score (nSPS) is 20.3. The van der Waals surface area contributed by atoms with Crippen LogP contribution in [0.5, 0.6) is 0 Å². The maximum absolute atomic E-state index is 6.45. The van der Waals surface area contributed by atoms with E-state index >= 15 is 0 Å². The summed E-state index contributed by atoms with van der Waals surface area (Å²) in [6.45, 7) is 2.95. The zero-order valence-electron chi connectivity index (χ0n) is 13.0. The third-order valence-corrected chi connectivity index (χ3v) is 4.82. The van der Waals surface area contributed by atoms with E-state index < -0.39 is 0 Å². The van der Waals surface area contributed by atoms with Gasteiger partial charge in [-0.25, -0.2) is 4.98 Å². The summed E-state index contributed by atoms with van der Waals surface area (Å²) in [4.78, 5) is 9.25. The lowest BCUT2D eigenvalue weighted by Gasteiger charge is -2.36. The first-order valence-electron chi connectivity index (χ1n) is 7.92. The Bertz CT molecular complexity index is 479. The quantitative estimate of drug-likeness (QED) is 0.906. The summed E-state index contributed by atoms with van der Waals surface area (Å²) in [6.07, 6.45) is 6.93. The van der Waals surface area contributed by atoms with E-state index in [1.165, 1.54) is 31.2 Å². The second-order valence-corrected chi connectivity index (χ2v) is 6.89. The molecule has 1 saturated carbocycles. The summed E-state index contributed by atoms with van der Waals surface area (Å²) < 4.78 is 0. The number of pyridine rings is 1. The van der Waals surface area contributed by atoms with E-state index in [4.69, 9.17) is 11.6 Å². The first-order valence-corrected chi connectivity index (χ1v) is 8.30. The molecule has 1 aromatic rings. The SMILES string of the molecule is CN(C)C1CCN(c2ncc(CNC3CC3)cc2Cl)CC1. The number of aromatic nitrogens is 1. The van der Waals surface area contributed by atoms with Crippen molar-refractivity contribution in [2.75, 3.05) is 32.1 Å². The van der Waals surface area contributed by atoms with Crippen molar-refractivity contribution in [1.29, 1.82) is 0 Å². The van der Waals surface area contributed by atoms with E-state index in [0.717, 1.165) is 30.5 Å². The van der Waals surface area contributed by atoms with Gasteiger partial charge in [0, 0.05) is 37.9 Å². The molecule has 1 N–H and O–H groups in total. The highest BCUT2D eigenvalue weighted by Gasteiger charge is 2.23. The van der Waals surface area contributed by atoms with E-state index in [2.05, 4.69) is 40.3 Å². The second kappa shape index (κ2) is 6.51. The lowest BCUT2D eigenvalue weighted by molar-refractivity contribution is 0.249. The minimum absolute atomic E-state index is 0.682. The number of rotatable bonds is 5. The van der Waals surface area contributed by atoms with Crippen LogP contribution in [0.1, 0.15) is 31.2 Å². The first kappa shape index (κ1) is 15.1. The fraction of sp³-hybridized carbons (Fsp3) is 0.688. The highest BCUT2D eigenvalue weighted by Crippen LogP contribution is 2.28. The number of anilines is 1. The zero-order valence-corrected chi connectivity index (χ0v) is 13.7. The molecule has 0 spiro atoms. The van der Waals surface area contributed by atoms with Gasteiger partial charge in [0.2, 0.25) is 0 Å². The molecule has 1 aromatic heterocycles. The first-order chi connectivity index (χ1) is 10.1. The van der Waals surface area contributed by atoms with Crippen molar-refractivity contribution in [3.8, 4) is 0 Å². The van der Waals surface area contributed by atoms with Gasteiger partial charge in [-0.2, -0.15) is 0 Å². The number of nitrogens with zero attached hydrogens (tertiary/aromatic N) is 3. The van der Waals surface area contributed by atoms with Gasteiger partial charge in [-0.3, -0.25) is 0 Å². The van der Waals surface area contributed by atoms with Crippen LogP contribution in [0.25, 0.3) is 0 Å². The van der Waals surface area contributed by atoms with Crippen LogP contribution < -0.4 is 10.2 Å². The lowest BCUT2D eigenvalue weighted by Crippen LogP contribution is -2.42. The third-order valence-electron chi connectivity index (χ3n) is 4.54. The molecule has 2 heterocycles. The van der Waals surface area contributed by atoms with Gasteiger partial charge in [-0.15, -0.1) is 0 Å². The molecule has 1 aliphatic carbocycles. The Morgan fingerprint density at radius 2 is 2.00 bits per heavy atom. The van der Waals surface area contributed by atoms with Crippen LogP contribution in [0.3, 0.4) is 0 Å². The molecule has 0 radical (unpaired) electrons. The molecule has 0 amide bonds. The van der Waals surface area contributed by atoms with E-state index in [1.807, 2.05) is 6.20 Å². The predicted molar refractivity (Wildman–Crippen MR) is 88.0 cm³/mol. The molecule has 0 bridgehead atoms. The van der Waals surface area contributed by atoms with Gasteiger partial charge in [0.1, 0.15) is 5.82 Å². The molecule has 1 aliphatic heterocycles. The van der Waals surface area contributed by atoms with E-state index in [0.29, 0.717) is 12.1 Å². The van der Waals surface area contributed by atoms with Crippen molar-refractivity contribution < 1.29 is 0 Å². The largest absolute Gasteiger partial charge is 0.355 e. The summed E-state index contributed by atoms with van der Waals surface area (Å²) >= 11 is 6.45. The average Bonchev–Trinajstić information content (AvgIpc) is 3.29. The van der Waals surface area contributed by atoms with Crippen LogP contribution >= 0.6 is 11.6 Å². The molecule has 4 nitrogen and oxygen atoms in total. The van der Waals surface area contributed by atoms with E-state index in [-0.39, 0.29) is 0 Å². The molecule has 116 valence electrons. The van der Waals surface area contributed by atoms with Gasteiger partial charge in [-0.05, 0) is 51.4 Å². The summed E-state index contributed by atoms with van der Waals surface area (Å²) in [5.41, 5.74) is 1.18. The minimum Gasteiger partial charge on any atom is -0.355 e. The molecule has 2 aliphatic rings. The fourth-order valence-corrected chi connectivity index (χ4v) is 3.25. The van der Waals surface area contributed by atoms with Crippen LogP contribution in [-0.4, -0.2) is 49.2 Å². The Morgan fingerprint density at radius 3 is 2.57 bits per heavy atom. The predicted octanol–water partition coefficient (Wildman–Crippen LogP) is 2.52. The summed E-state index contributed by atoms with van der Waals surface area (Å²) in [5, 5.41) is 4.29. The molecular formula is C16H25ClN4. The number of hydrogen-bond acceptors (Lipinski definition) is 4. The van der Waals surface area contributed by atoms with E-state index in [1.54, 1.807) is 0 Å². The fourth-order valence-electron chi connectivity index (χ4n) is 2.94. The number of piperidine rings is 1. The van der Waals surface area contributed by atoms with Crippen LogP contribution in [0.2, 0.25) is 5.02 Å². The van der Waals surface area contributed by atoms with Crippen molar-refractivity contribution >= 4 is 17.4 Å². The average molecular weight is 309 g/mol. The van der Waals surface area contributed by atoms with Gasteiger partial charge in [0.15, 0.2) is 0 Å². The number of halogens is 1. The standard InChI is InChI=1S/C16H25ClN4/c1-20(2)14-5-7-21(8-6-14)16-15(17)9-12(11-19-16)10-18-13-3-4-13/h9,11,13-14,18H,3-8,10H2,1-2H3. The Labute approximate surface area is 132 Å². The molecule has 3 rings (SSSR count). The molecule has 21 heavy (non-hydrogen) atoms. The maximum atomic E-state index is 6.45. The highest BCUT2D eigenvalue weighted by atomic mass is 35.5. The lowest BCUT2D eigenvalue weighted by atomic mass is 10.0. The summed E-state index contributed by atoms with van der Waals surface area (Å²) in [5.74, 6) is 0.948. The summed E-state index contributed by atoms with van der Waals surface area (Å²) in [7, 11) is 4.32. The van der Waals surface area contributed by atoms with Crippen molar-refractivity contribution in [1.82, 2.24) is 15.2 Å². The summed E-state index contributed by atoms with van der Waals surface area (Å²) in [6, 6.07) is 3.47. The minimum atomic E-state index is 0.682. The smallest absolute Gasteiger partial charge is 0.147 e.